The van der Waals surface area contributed by atoms with E-state index < -0.39 is 0 Å². The Morgan fingerprint density at radius 1 is 1.45 bits per heavy atom. The molecule has 110 valence electrons. The summed E-state index contributed by atoms with van der Waals surface area (Å²) >= 11 is 0. The second-order valence-electron chi connectivity index (χ2n) is 5.75. The van der Waals surface area contributed by atoms with Gasteiger partial charge in [0, 0.05) is 33.3 Å². The van der Waals surface area contributed by atoms with E-state index in [2.05, 4.69) is 4.90 Å². The van der Waals surface area contributed by atoms with Gasteiger partial charge in [-0.15, -0.1) is 0 Å². The largest absolute Gasteiger partial charge is 0.468 e. The number of likely N-dealkylation sites (tertiary alicyclic amines) is 2. The predicted octanol–water partition coefficient (Wildman–Crippen LogP) is 1.21. The summed E-state index contributed by atoms with van der Waals surface area (Å²) in [6.45, 7) is 4.89. The number of carbonyl (C=O) groups excluding carboxylic acids is 1. The molecule has 0 bridgehead atoms. The van der Waals surface area contributed by atoms with Crippen molar-refractivity contribution < 1.29 is 13.9 Å². The van der Waals surface area contributed by atoms with Crippen LogP contribution in [0.3, 0.4) is 0 Å². The molecule has 1 amide bonds. The lowest BCUT2D eigenvalue weighted by Crippen LogP contribution is -2.46. The Kier molecular flexibility index (Phi) is 4.08. The Labute approximate surface area is 119 Å². The third kappa shape index (κ3) is 2.74. The van der Waals surface area contributed by atoms with Gasteiger partial charge in [-0.1, -0.05) is 0 Å². The van der Waals surface area contributed by atoms with E-state index in [1.54, 1.807) is 13.4 Å². The van der Waals surface area contributed by atoms with E-state index in [-0.39, 0.29) is 5.92 Å². The molecule has 0 aromatic carbocycles. The zero-order valence-corrected chi connectivity index (χ0v) is 12.0. The molecule has 0 spiro atoms. The molecule has 0 N–H and O–H groups in total. The minimum Gasteiger partial charge on any atom is -0.468 e. The molecule has 2 saturated heterocycles. The number of hydrogen-bond donors (Lipinski definition) is 0. The second kappa shape index (κ2) is 5.97. The molecule has 5 nitrogen and oxygen atoms in total. The molecule has 2 fully saturated rings. The van der Waals surface area contributed by atoms with Gasteiger partial charge >= 0.3 is 0 Å². The summed E-state index contributed by atoms with van der Waals surface area (Å²) in [5.74, 6) is 1.96. The third-order valence-electron chi connectivity index (χ3n) is 4.44. The number of fused-ring (bicyclic) bond motifs is 1. The number of amides is 1. The van der Waals surface area contributed by atoms with Gasteiger partial charge in [0.05, 0.1) is 25.3 Å². The molecule has 2 atom stereocenters. The monoisotopic (exact) mass is 278 g/mol. The highest BCUT2D eigenvalue weighted by Crippen LogP contribution is 2.32. The first-order chi connectivity index (χ1) is 9.78. The Morgan fingerprint density at radius 2 is 2.35 bits per heavy atom. The molecule has 0 radical (unpaired) electrons. The summed E-state index contributed by atoms with van der Waals surface area (Å²) in [4.78, 5) is 16.8. The van der Waals surface area contributed by atoms with Gasteiger partial charge in [-0.2, -0.15) is 0 Å². The fourth-order valence-electron chi connectivity index (χ4n) is 3.37. The molecule has 2 aliphatic rings. The van der Waals surface area contributed by atoms with Crippen molar-refractivity contribution in [1.29, 1.82) is 0 Å². The Bertz CT molecular complexity index is 446. The van der Waals surface area contributed by atoms with E-state index in [0.717, 1.165) is 44.9 Å². The number of methoxy groups -OCH3 is 1. The number of furan rings is 1. The van der Waals surface area contributed by atoms with E-state index in [4.69, 9.17) is 9.15 Å². The fraction of sp³-hybridized carbons (Fsp3) is 0.667. The number of hydrogen-bond acceptors (Lipinski definition) is 4. The van der Waals surface area contributed by atoms with Crippen molar-refractivity contribution in [2.75, 3.05) is 39.9 Å². The van der Waals surface area contributed by atoms with Crippen LogP contribution in [0.1, 0.15) is 12.2 Å². The molecule has 0 aliphatic carbocycles. The summed E-state index contributed by atoms with van der Waals surface area (Å²) < 4.78 is 10.5. The summed E-state index contributed by atoms with van der Waals surface area (Å²) in [7, 11) is 1.68. The van der Waals surface area contributed by atoms with Crippen molar-refractivity contribution in [2.45, 2.75) is 13.0 Å². The lowest BCUT2D eigenvalue weighted by Gasteiger charge is -2.33. The first-order valence-corrected chi connectivity index (χ1v) is 7.30. The van der Waals surface area contributed by atoms with Crippen LogP contribution in [0.5, 0.6) is 0 Å². The lowest BCUT2D eigenvalue weighted by molar-refractivity contribution is -0.140. The van der Waals surface area contributed by atoms with Crippen LogP contribution in [-0.2, 0) is 16.1 Å². The highest BCUT2D eigenvalue weighted by atomic mass is 16.5. The van der Waals surface area contributed by atoms with Gasteiger partial charge in [0.2, 0.25) is 5.91 Å². The van der Waals surface area contributed by atoms with Gasteiger partial charge in [-0.25, -0.2) is 0 Å². The molecule has 5 heteroatoms. The minimum absolute atomic E-state index is 0.163. The van der Waals surface area contributed by atoms with Crippen LogP contribution >= 0.6 is 0 Å². The average Bonchev–Trinajstić information content (AvgIpc) is 3.08. The number of piperidine rings is 1. The Morgan fingerprint density at radius 3 is 3.10 bits per heavy atom. The zero-order chi connectivity index (χ0) is 13.9. The standard InChI is InChI=1S/C15H22N2O3/c1-19-8-6-17-5-4-12-9-16(11-14(12)15(17)18)10-13-3-2-7-20-13/h2-3,7,12,14H,4-6,8-11H2,1H3/t12-,14-/m1/s1. The van der Waals surface area contributed by atoms with Crippen LogP contribution in [0.4, 0.5) is 0 Å². The first-order valence-electron chi connectivity index (χ1n) is 7.30. The van der Waals surface area contributed by atoms with E-state index in [1.165, 1.54) is 0 Å². The number of ether oxygens (including phenoxy) is 1. The molecular formula is C15H22N2O3. The van der Waals surface area contributed by atoms with Crippen LogP contribution in [0.2, 0.25) is 0 Å². The number of nitrogens with zero attached hydrogens (tertiary/aromatic N) is 2. The van der Waals surface area contributed by atoms with Crippen LogP contribution in [-0.4, -0.2) is 55.6 Å². The Balaban J connectivity index is 1.58. The van der Waals surface area contributed by atoms with Crippen molar-refractivity contribution in [3.63, 3.8) is 0 Å². The van der Waals surface area contributed by atoms with E-state index in [1.807, 2.05) is 17.0 Å². The van der Waals surface area contributed by atoms with Gasteiger partial charge in [0.25, 0.3) is 0 Å². The normalized spacial score (nSPS) is 27.1. The van der Waals surface area contributed by atoms with Crippen molar-refractivity contribution in [3.8, 4) is 0 Å². The quantitative estimate of drug-likeness (QED) is 0.812. The molecule has 3 rings (SSSR count). The summed E-state index contributed by atoms with van der Waals surface area (Å²) in [6, 6.07) is 3.91. The maximum Gasteiger partial charge on any atom is 0.227 e. The minimum atomic E-state index is 0.163. The second-order valence-corrected chi connectivity index (χ2v) is 5.75. The summed E-state index contributed by atoms with van der Waals surface area (Å²) in [5, 5.41) is 0. The van der Waals surface area contributed by atoms with Crippen molar-refractivity contribution >= 4 is 5.91 Å². The Hall–Kier alpha value is -1.33. The molecule has 3 heterocycles. The average molecular weight is 278 g/mol. The van der Waals surface area contributed by atoms with Crippen LogP contribution in [0.25, 0.3) is 0 Å². The molecule has 20 heavy (non-hydrogen) atoms. The van der Waals surface area contributed by atoms with E-state index >= 15 is 0 Å². The predicted molar refractivity (Wildman–Crippen MR) is 74.0 cm³/mol. The van der Waals surface area contributed by atoms with Gasteiger partial charge in [-0.3, -0.25) is 9.69 Å². The van der Waals surface area contributed by atoms with Gasteiger partial charge in [0.1, 0.15) is 5.76 Å². The molecule has 2 aliphatic heterocycles. The van der Waals surface area contributed by atoms with Crippen molar-refractivity contribution in [3.05, 3.63) is 24.2 Å². The molecule has 1 aromatic heterocycles. The first kappa shape index (κ1) is 13.6. The topological polar surface area (TPSA) is 45.9 Å². The van der Waals surface area contributed by atoms with Crippen molar-refractivity contribution in [2.24, 2.45) is 11.8 Å². The molecule has 1 aromatic rings. The zero-order valence-electron chi connectivity index (χ0n) is 12.0. The van der Waals surface area contributed by atoms with Gasteiger partial charge in [-0.05, 0) is 24.5 Å². The summed E-state index contributed by atoms with van der Waals surface area (Å²) in [6.07, 6.45) is 2.81. The maximum atomic E-state index is 12.5. The fourth-order valence-corrected chi connectivity index (χ4v) is 3.37. The molecule has 0 unspecified atom stereocenters. The van der Waals surface area contributed by atoms with E-state index in [9.17, 15) is 4.79 Å². The van der Waals surface area contributed by atoms with E-state index in [0.29, 0.717) is 18.4 Å². The van der Waals surface area contributed by atoms with Crippen LogP contribution in [0.15, 0.2) is 22.8 Å². The van der Waals surface area contributed by atoms with Gasteiger partial charge < -0.3 is 14.1 Å². The van der Waals surface area contributed by atoms with Crippen LogP contribution < -0.4 is 0 Å². The highest BCUT2D eigenvalue weighted by molar-refractivity contribution is 5.80. The third-order valence-corrected chi connectivity index (χ3v) is 4.44. The van der Waals surface area contributed by atoms with Crippen LogP contribution in [0, 0.1) is 11.8 Å². The smallest absolute Gasteiger partial charge is 0.227 e. The molecular weight excluding hydrogens is 256 g/mol. The maximum absolute atomic E-state index is 12.5. The van der Waals surface area contributed by atoms with Crippen molar-refractivity contribution in [1.82, 2.24) is 9.80 Å². The lowest BCUT2D eigenvalue weighted by atomic mass is 9.88. The SMILES string of the molecule is COCCN1CC[C@@H]2CN(Cc3ccco3)C[C@H]2C1=O. The number of carbonyl (C=O) groups is 1. The highest BCUT2D eigenvalue weighted by Gasteiger charge is 2.42. The molecule has 0 saturated carbocycles. The summed E-state index contributed by atoms with van der Waals surface area (Å²) in [5.41, 5.74) is 0. The van der Waals surface area contributed by atoms with Gasteiger partial charge in [0.15, 0.2) is 0 Å². The number of rotatable bonds is 5.